The van der Waals surface area contributed by atoms with Crippen LogP contribution in [0, 0.1) is 0 Å². The fourth-order valence-corrected chi connectivity index (χ4v) is 3.56. The molecule has 4 nitrogen and oxygen atoms in total. The van der Waals surface area contributed by atoms with Crippen molar-refractivity contribution < 1.29 is 9.53 Å². The van der Waals surface area contributed by atoms with Crippen LogP contribution in [-0.2, 0) is 24.2 Å². The number of fused-ring (bicyclic) bond motifs is 3. The van der Waals surface area contributed by atoms with Gasteiger partial charge in [-0.15, -0.1) is 0 Å². The first-order chi connectivity index (χ1) is 11.8. The van der Waals surface area contributed by atoms with Gasteiger partial charge in [-0.3, -0.25) is 0 Å². The molecular formula is C21H24N2O2. The summed E-state index contributed by atoms with van der Waals surface area (Å²) in [5.74, 6) is -0.295. The van der Waals surface area contributed by atoms with Crippen LogP contribution >= 0.6 is 0 Å². The summed E-state index contributed by atoms with van der Waals surface area (Å²) >= 11 is 0. The molecule has 2 aromatic carbocycles. The fraction of sp³-hybridized carbons (Fsp3) is 0.286. The first kappa shape index (κ1) is 17.2. The van der Waals surface area contributed by atoms with Crippen LogP contribution in [0.2, 0.25) is 0 Å². The number of nitrogens with one attached hydrogen (secondary N) is 1. The van der Waals surface area contributed by atoms with Crippen molar-refractivity contribution in [3.63, 3.8) is 0 Å². The van der Waals surface area contributed by atoms with Crippen molar-refractivity contribution in [1.29, 1.82) is 0 Å². The number of rotatable bonds is 3. The molecule has 0 fully saturated rings. The molecule has 0 aliphatic carbocycles. The van der Waals surface area contributed by atoms with Crippen molar-refractivity contribution in [3.8, 4) is 0 Å². The van der Waals surface area contributed by atoms with Crippen LogP contribution in [0.5, 0.6) is 0 Å². The van der Waals surface area contributed by atoms with Gasteiger partial charge in [-0.25, -0.2) is 4.79 Å². The van der Waals surface area contributed by atoms with E-state index in [0.29, 0.717) is 5.56 Å². The van der Waals surface area contributed by atoms with E-state index in [-0.39, 0.29) is 13.4 Å². The summed E-state index contributed by atoms with van der Waals surface area (Å²) in [6, 6.07) is 16.3. The molecule has 0 saturated carbocycles. The number of ether oxygens (including phenoxy) is 1. The average Bonchev–Trinajstić information content (AvgIpc) is 2.96. The van der Waals surface area contributed by atoms with Crippen molar-refractivity contribution >= 4 is 16.9 Å². The molecule has 1 aromatic heterocycles. The number of hydrogen-bond donors (Lipinski definition) is 1. The van der Waals surface area contributed by atoms with E-state index in [0.717, 1.165) is 26.1 Å². The van der Waals surface area contributed by atoms with Gasteiger partial charge >= 0.3 is 5.97 Å². The molecule has 0 atom stereocenters. The van der Waals surface area contributed by atoms with Crippen molar-refractivity contribution in [2.75, 3.05) is 13.7 Å². The average molecular weight is 336 g/mol. The van der Waals surface area contributed by atoms with E-state index in [9.17, 15) is 4.79 Å². The van der Waals surface area contributed by atoms with E-state index in [2.05, 4.69) is 34.1 Å². The largest absolute Gasteiger partial charge is 0.465 e. The lowest BCUT2D eigenvalue weighted by atomic mass is 10.1. The van der Waals surface area contributed by atoms with Crippen LogP contribution < -0.4 is 5.32 Å². The molecule has 130 valence electrons. The number of carbonyl (C=O) groups excluding carboxylic acids is 1. The van der Waals surface area contributed by atoms with Gasteiger partial charge in [0.25, 0.3) is 0 Å². The number of aromatic nitrogens is 1. The molecule has 1 aliphatic rings. The van der Waals surface area contributed by atoms with Crippen LogP contribution in [0.25, 0.3) is 10.9 Å². The van der Waals surface area contributed by atoms with Gasteiger partial charge in [0.15, 0.2) is 0 Å². The first-order valence-electron chi connectivity index (χ1n) is 8.25. The van der Waals surface area contributed by atoms with Crippen LogP contribution in [-0.4, -0.2) is 24.2 Å². The van der Waals surface area contributed by atoms with Crippen molar-refractivity contribution in [1.82, 2.24) is 9.88 Å². The zero-order chi connectivity index (χ0) is 16.5. The van der Waals surface area contributed by atoms with Crippen molar-refractivity contribution in [3.05, 3.63) is 70.9 Å². The predicted octanol–water partition coefficient (Wildman–Crippen LogP) is 3.76. The predicted molar refractivity (Wildman–Crippen MR) is 101 cm³/mol. The molecule has 4 rings (SSSR count). The minimum atomic E-state index is -0.295. The van der Waals surface area contributed by atoms with E-state index in [1.807, 2.05) is 24.3 Å². The Labute approximate surface area is 148 Å². The monoisotopic (exact) mass is 336 g/mol. The summed E-state index contributed by atoms with van der Waals surface area (Å²) in [6.45, 7) is 2.77. The lowest BCUT2D eigenvalue weighted by Gasteiger charge is -2.17. The van der Waals surface area contributed by atoms with Gasteiger partial charge in [-0.05, 0) is 29.3 Å². The molecule has 0 amide bonds. The minimum absolute atomic E-state index is 0. The second-order valence-electron chi connectivity index (χ2n) is 6.14. The molecule has 4 heteroatoms. The number of para-hydroxylation sites is 1. The van der Waals surface area contributed by atoms with E-state index in [1.54, 1.807) is 0 Å². The van der Waals surface area contributed by atoms with Gasteiger partial charge in [0.1, 0.15) is 0 Å². The molecule has 0 spiro atoms. The second kappa shape index (κ2) is 7.11. The standard InChI is InChI=1S/C20H20N2O2.CH4/c1-24-20(23)15-8-6-14(7-9-15)13-22-18-5-3-2-4-16(18)17-12-21-11-10-19(17)22;/h2-9,21H,10-13H2,1H3;1H4. The SMILES string of the molecule is C.COC(=O)c1ccc(Cn2c3c(c4ccccc42)CNCC3)cc1. The minimum Gasteiger partial charge on any atom is -0.465 e. The molecule has 3 aromatic rings. The molecule has 0 saturated heterocycles. The van der Waals surface area contributed by atoms with E-state index < -0.39 is 0 Å². The number of nitrogens with zero attached hydrogens (tertiary/aromatic N) is 1. The highest BCUT2D eigenvalue weighted by Gasteiger charge is 2.19. The van der Waals surface area contributed by atoms with Crippen LogP contribution in [0.3, 0.4) is 0 Å². The van der Waals surface area contributed by atoms with Gasteiger partial charge in [-0.1, -0.05) is 37.8 Å². The fourth-order valence-electron chi connectivity index (χ4n) is 3.56. The Morgan fingerprint density at radius 1 is 1.16 bits per heavy atom. The van der Waals surface area contributed by atoms with Gasteiger partial charge < -0.3 is 14.6 Å². The van der Waals surface area contributed by atoms with Gasteiger partial charge in [-0.2, -0.15) is 0 Å². The van der Waals surface area contributed by atoms with Crippen LogP contribution in [0.1, 0.15) is 34.6 Å². The zero-order valence-electron chi connectivity index (χ0n) is 13.7. The molecular weight excluding hydrogens is 312 g/mol. The quantitative estimate of drug-likeness (QED) is 0.741. The highest BCUT2D eigenvalue weighted by molar-refractivity contribution is 5.89. The summed E-state index contributed by atoms with van der Waals surface area (Å²) < 4.78 is 7.18. The summed E-state index contributed by atoms with van der Waals surface area (Å²) in [7, 11) is 1.41. The molecule has 25 heavy (non-hydrogen) atoms. The number of hydrogen-bond acceptors (Lipinski definition) is 3. The van der Waals surface area contributed by atoms with Gasteiger partial charge in [0, 0.05) is 42.7 Å². The Bertz CT molecular complexity index is 894. The molecule has 0 bridgehead atoms. The number of esters is 1. The summed E-state index contributed by atoms with van der Waals surface area (Å²) in [5, 5.41) is 4.81. The number of benzene rings is 2. The third kappa shape index (κ3) is 3.05. The zero-order valence-corrected chi connectivity index (χ0v) is 13.7. The lowest BCUT2D eigenvalue weighted by Crippen LogP contribution is -2.24. The Kier molecular flexibility index (Phi) is 4.91. The van der Waals surface area contributed by atoms with Crippen LogP contribution in [0.15, 0.2) is 48.5 Å². The lowest BCUT2D eigenvalue weighted by molar-refractivity contribution is 0.0600. The summed E-state index contributed by atoms with van der Waals surface area (Å²) in [5.41, 5.74) is 5.90. The van der Waals surface area contributed by atoms with Gasteiger partial charge in [0.2, 0.25) is 0 Å². The first-order valence-corrected chi connectivity index (χ1v) is 8.25. The summed E-state index contributed by atoms with van der Waals surface area (Å²) in [6.07, 6.45) is 1.05. The van der Waals surface area contributed by atoms with E-state index >= 15 is 0 Å². The topological polar surface area (TPSA) is 43.3 Å². The highest BCUT2D eigenvalue weighted by atomic mass is 16.5. The maximum Gasteiger partial charge on any atom is 0.337 e. The maximum absolute atomic E-state index is 11.6. The second-order valence-corrected chi connectivity index (χ2v) is 6.14. The molecule has 1 N–H and O–H groups in total. The van der Waals surface area contributed by atoms with Crippen LogP contribution in [0.4, 0.5) is 0 Å². The Morgan fingerprint density at radius 2 is 1.92 bits per heavy atom. The summed E-state index contributed by atoms with van der Waals surface area (Å²) in [4.78, 5) is 11.6. The van der Waals surface area contributed by atoms with Crippen molar-refractivity contribution in [2.24, 2.45) is 0 Å². The van der Waals surface area contributed by atoms with Gasteiger partial charge in [0.05, 0.1) is 12.7 Å². The molecule has 0 radical (unpaired) electrons. The Morgan fingerprint density at radius 3 is 2.68 bits per heavy atom. The smallest absolute Gasteiger partial charge is 0.337 e. The van der Waals surface area contributed by atoms with E-state index in [1.165, 1.54) is 34.8 Å². The molecule has 0 unspecified atom stereocenters. The molecule has 1 aliphatic heterocycles. The molecule has 2 heterocycles. The normalized spacial score (nSPS) is 13.2. The third-order valence-corrected chi connectivity index (χ3v) is 4.75. The Balaban J connectivity index is 0.00000182. The Hall–Kier alpha value is -2.59. The number of carbonyl (C=O) groups is 1. The third-order valence-electron chi connectivity index (χ3n) is 4.75. The van der Waals surface area contributed by atoms with Crippen molar-refractivity contribution in [2.45, 2.75) is 26.9 Å². The maximum atomic E-state index is 11.6. The van der Waals surface area contributed by atoms with E-state index in [4.69, 9.17) is 4.74 Å². The highest BCUT2D eigenvalue weighted by Crippen LogP contribution is 2.29. The number of methoxy groups -OCH3 is 1.